The zero-order valence-corrected chi connectivity index (χ0v) is 23.0. The first-order chi connectivity index (χ1) is 18.2. The second kappa shape index (κ2) is 9.19. The molecule has 10 nitrogen and oxygen atoms in total. The highest BCUT2D eigenvalue weighted by atomic mass is 16.7. The van der Waals surface area contributed by atoms with Crippen LogP contribution in [0.3, 0.4) is 0 Å². The van der Waals surface area contributed by atoms with Crippen LogP contribution >= 0.6 is 0 Å². The summed E-state index contributed by atoms with van der Waals surface area (Å²) in [5.74, 6) is -0.893. The molecule has 6 N–H and O–H groups in total. The van der Waals surface area contributed by atoms with Crippen molar-refractivity contribution in [3.8, 4) is 0 Å². The summed E-state index contributed by atoms with van der Waals surface area (Å²) in [7, 11) is 0. The third-order valence-corrected chi connectivity index (χ3v) is 12.2. The maximum atomic E-state index is 12.4. The molecule has 0 aromatic rings. The molecule has 2 heterocycles. The van der Waals surface area contributed by atoms with Gasteiger partial charge in [0.1, 0.15) is 24.9 Å². The van der Waals surface area contributed by atoms with Gasteiger partial charge in [0.15, 0.2) is 6.29 Å². The lowest BCUT2D eigenvalue weighted by Gasteiger charge is -2.67. The van der Waals surface area contributed by atoms with Crippen LogP contribution in [0, 0.1) is 28.6 Å². The van der Waals surface area contributed by atoms with Gasteiger partial charge in [0.2, 0.25) is 0 Å². The Kier molecular flexibility index (Phi) is 6.61. The molecule has 39 heavy (non-hydrogen) atoms. The Morgan fingerprint density at radius 2 is 1.67 bits per heavy atom. The third-order valence-electron chi connectivity index (χ3n) is 12.2. The molecule has 0 spiro atoms. The first-order valence-electron chi connectivity index (χ1n) is 14.6. The molecule has 2 aliphatic heterocycles. The van der Waals surface area contributed by atoms with Gasteiger partial charge in [-0.2, -0.15) is 0 Å². The summed E-state index contributed by atoms with van der Waals surface area (Å²) < 4.78 is 16.9. The molecule has 1 saturated heterocycles. The van der Waals surface area contributed by atoms with Crippen molar-refractivity contribution < 1.29 is 49.6 Å². The van der Waals surface area contributed by atoms with Crippen LogP contribution < -0.4 is 0 Å². The van der Waals surface area contributed by atoms with E-state index in [-0.39, 0.29) is 36.8 Å². The van der Waals surface area contributed by atoms with Crippen molar-refractivity contribution >= 4 is 5.97 Å². The predicted octanol–water partition coefficient (Wildman–Crippen LogP) is 0.542. The normalized spacial score (nSPS) is 57.3. The Labute approximate surface area is 229 Å². The summed E-state index contributed by atoms with van der Waals surface area (Å²) in [6, 6.07) is 0. The lowest BCUT2D eigenvalue weighted by atomic mass is 9.41. The zero-order valence-electron chi connectivity index (χ0n) is 23.0. The summed E-state index contributed by atoms with van der Waals surface area (Å²) in [4.78, 5) is 11.8. The van der Waals surface area contributed by atoms with Crippen molar-refractivity contribution in [3.05, 3.63) is 11.6 Å². The van der Waals surface area contributed by atoms with Gasteiger partial charge >= 0.3 is 5.97 Å². The number of fused-ring (bicyclic) bond motifs is 5. The molecule has 0 aromatic carbocycles. The third kappa shape index (κ3) is 3.86. The number of ether oxygens (including phenoxy) is 3. The molecule has 0 aromatic heterocycles. The minimum atomic E-state index is -1.41. The molecule has 10 heteroatoms. The van der Waals surface area contributed by atoms with Gasteiger partial charge in [0, 0.05) is 23.3 Å². The maximum Gasteiger partial charge on any atom is 0.331 e. The van der Waals surface area contributed by atoms with E-state index in [2.05, 4.69) is 0 Å². The molecule has 4 aliphatic carbocycles. The number of carbonyl (C=O) groups excluding carboxylic acids is 1. The van der Waals surface area contributed by atoms with E-state index in [9.17, 15) is 35.4 Å². The van der Waals surface area contributed by atoms with Gasteiger partial charge in [0.25, 0.3) is 0 Å². The van der Waals surface area contributed by atoms with E-state index < -0.39 is 64.9 Å². The molecule has 220 valence electrons. The molecule has 0 bridgehead atoms. The molecular weight excluding hydrogens is 508 g/mol. The molecule has 5 fully saturated rings. The zero-order chi connectivity index (χ0) is 28.1. The lowest BCUT2D eigenvalue weighted by Crippen LogP contribution is -2.71. The topological polar surface area (TPSA) is 166 Å². The number of carbonyl (C=O) groups is 1. The Morgan fingerprint density at radius 3 is 2.36 bits per heavy atom. The van der Waals surface area contributed by atoms with Gasteiger partial charge in [-0.25, -0.2) is 4.79 Å². The van der Waals surface area contributed by atoms with Crippen LogP contribution in [0.25, 0.3) is 0 Å². The number of hydrogen-bond acceptors (Lipinski definition) is 10. The van der Waals surface area contributed by atoms with Crippen molar-refractivity contribution in [3.63, 3.8) is 0 Å². The van der Waals surface area contributed by atoms with Gasteiger partial charge in [-0.05, 0) is 75.2 Å². The van der Waals surface area contributed by atoms with Gasteiger partial charge in [-0.1, -0.05) is 13.8 Å². The molecule has 14 atom stereocenters. The highest BCUT2D eigenvalue weighted by Gasteiger charge is 2.72. The van der Waals surface area contributed by atoms with Crippen LogP contribution in [0.2, 0.25) is 0 Å². The highest BCUT2D eigenvalue weighted by molar-refractivity contribution is 5.85. The number of cyclic esters (lactones) is 1. The van der Waals surface area contributed by atoms with Crippen LogP contribution in [-0.2, 0) is 19.0 Å². The van der Waals surface area contributed by atoms with Gasteiger partial charge in [0.05, 0.1) is 29.5 Å². The Balaban J connectivity index is 1.22. The van der Waals surface area contributed by atoms with E-state index in [1.54, 1.807) is 13.0 Å². The number of aliphatic hydroxyl groups excluding tert-OH is 4. The van der Waals surface area contributed by atoms with Crippen LogP contribution in [-0.4, -0.2) is 97.3 Å². The molecular formula is C29H44O10. The summed E-state index contributed by atoms with van der Waals surface area (Å²) >= 11 is 0. The predicted molar refractivity (Wildman–Crippen MR) is 136 cm³/mol. The van der Waals surface area contributed by atoms with E-state index >= 15 is 0 Å². The Hall–Kier alpha value is -1.11. The quantitative estimate of drug-likeness (QED) is 0.215. The van der Waals surface area contributed by atoms with Crippen LogP contribution in [0.1, 0.15) is 72.1 Å². The SMILES string of the molecule is C[C@H]1O[C@H](O[C@H]2CC[C@]3(C)[C@H]4[C@H](O)C[C@]5(C)[C@@H](C6=CC(=O)OC6)CC[C@]5(O)[C@@H]4CC[C@]3(O)C2)[C@H](O)[C@@H](O)[C@H]1O. The largest absolute Gasteiger partial charge is 0.458 e. The van der Waals surface area contributed by atoms with E-state index in [1.807, 2.05) is 13.8 Å². The van der Waals surface area contributed by atoms with E-state index in [1.165, 1.54) is 0 Å². The molecule has 0 amide bonds. The standard InChI is InChI=1S/C29H44O10/c1-14-22(32)23(33)24(34)25(38-14)39-16-4-7-26(2)21-18(5-8-28(26,35)11-16)29(36)9-6-17(15-10-20(31)37-13-15)27(29,3)12-19(21)30/h10,14,16-19,21-25,30,32-36H,4-9,11-13H2,1-3H3/t14-,16+,17-,18-,19-,21-,22+,23+,24-,25-,26-,27-,28+,29+/m1/s1. The first-order valence-corrected chi connectivity index (χ1v) is 14.6. The van der Waals surface area contributed by atoms with Crippen molar-refractivity contribution in [1.29, 1.82) is 0 Å². The van der Waals surface area contributed by atoms with E-state index in [0.717, 1.165) is 12.0 Å². The monoisotopic (exact) mass is 552 g/mol. The van der Waals surface area contributed by atoms with Crippen molar-refractivity contribution in [2.24, 2.45) is 28.6 Å². The van der Waals surface area contributed by atoms with E-state index in [0.29, 0.717) is 38.5 Å². The van der Waals surface area contributed by atoms with Crippen molar-refractivity contribution in [1.82, 2.24) is 0 Å². The first kappa shape index (κ1) is 28.0. The second-order valence-corrected chi connectivity index (χ2v) is 13.8. The van der Waals surface area contributed by atoms with Crippen molar-refractivity contribution in [2.75, 3.05) is 6.61 Å². The number of aliphatic hydroxyl groups is 6. The van der Waals surface area contributed by atoms with Crippen LogP contribution in [0.4, 0.5) is 0 Å². The minimum absolute atomic E-state index is 0.0412. The highest BCUT2D eigenvalue weighted by Crippen LogP contribution is 2.70. The Bertz CT molecular complexity index is 1030. The van der Waals surface area contributed by atoms with Crippen molar-refractivity contribution in [2.45, 2.75) is 126 Å². The smallest absolute Gasteiger partial charge is 0.331 e. The summed E-state index contributed by atoms with van der Waals surface area (Å²) in [5.41, 5.74) is -2.54. The Morgan fingerprint density at radius 1 is 0.923 bits per heavy atom. The summed E-state index contributed by atoms with van der Waals surface area (Å²) in [6.07, 6.45) is -1.39. The molecule has 0 radical (unpaired) electrons. The number of esters is 1. The minimum Gasteiger partial charge on any atom is -0.458 e. The number of hydrogen-bond donors (Lipinski definition) is 6. The van der Waals surface area contributed by atoms with E-state index in [4.69, 9.17) is 14.2 Å². The fourth-order valence-electron chi connectivity index (χ4n) is 9.89. The fraction of sp³-hybridized carbons (Fsp3) is 0.897. The average molecular weight is 553 g/mol. The molecule has 6 rings (SSSR count). The second-order valence-electron chi connectivity index (χ2n) is 13.8. The van der Waals surface area contributed by atoms with Gasteiger partial charge in [-0.15, -0.1) is 0 Å². The summed E-state index contributed by atoms with van der Waals surface area (Å²) in [5, 5.41) is 66.9. The van der Waals surface area contributed by atoms with Crippen LogP contribution in [0.15, 0.2) is 11.6 Å². The summed E-state index contributed by atoms with van der Waals surface area (Å²) in [6.45, 7) is 5.92. The lowest BCUT2D eigenvalue weighted by molar-refractivity contribution is -0.323. The molecule has 6 aliphatic rings. The molecule has 4 saturated carbocycles. The fourth-order valence-corrected chi connectivity index (χ4v) is 9.89. The molecule has 0 unspecified atom stereocenters. The number of rotatable bonds is 3. The maximum absolute atomic E-state index is 12.4. The van der Waals surface area contributed by atoms with Crippen LogP contribution in [0.5, 0.6) is 0 Å². The average Bonchev–Trinajstić information content (AvgIpc) is 3.41. The van der Waals surface area contributed by atoms with Gasteiger partial charge < -0.3 is 44.8 Å². The van der Waals surface area contributed by atoms with Gasteiger partial charge in [-0.3, -0.25) is 0 Å².